The van der Waals surface area contributed by atoms with Crippen LogP contribution in [0.2, 0.25) is 0 Å². The number of aromatic nitrogens is 1. The summed E-state index contributed by atoms with van der Waals surface area (Å²) >= 11 is 0. The number of benzene rings is 2. The summed E-state index contributed by atoms with van der Waals surface area (Å²) in [7, 11) is -3.87. The summed E-state index contributed by atoms with van der Waals surface area (Å²) in [6.07, 6.45) is 0. The monoisotopic (exact) mass is 397 g/mol. The number of carbonyl (C=O) groups is 1. The molecule has 0 saturated heterocycles. The van der Waals surface area contributed by atoms with Crippen molar-refractivity contribution in [3.05, 3.63) is 66.4 Å². The van der Waals surface area contributed by atoms with Crippen molar-refractivity contribution < 1.29 is 13.2 Å². The summed E-state index contributed by atoms with van der Waals surface area (Å²) in [4.78, 5) is 17.1. The van der Waals surface area contributed by atoms with Crippen molar-refractivity contribution in [2.75, 3.05) is 5.32 Å². The molecule has 3 rings (SSSR count). The van der Waals surface area contributed by atoms with E-state index in [4.69, 9.17) is 0 Å². The van der Waals surface area contributed by atoms with Crippen LogP contribution in [0.5, 0.6) is 0 Å². The number of nitrogens with zero attached hydrogens (tertiary/aromatic N) is 1. The van der Waals surface area contributed by atoms with E-state index < -0.39 is 22.0 Å². The molecule has 0 radical (unpaired) electrons. The number of rotatable bonds is 6. The quantitative estimate of drug-likeness (QED) is 0.666. The Morgan fingerprint density at radius 2 is 1.68 bits per heavy atom. The molecule has 2 aromatic carbocycles. The van der Waals surface area contributed by atoms with Gasteiger partial charge in [0.2, 0.25) is 15.9 Å². The molecule has 0 fully saturated rings. The Balaban J connectivity index is 1.84. The normalized spacial score (nSPS) is 12.9. The van der Waals surface area contributed by atoms with Crippen LogP contribution < -0.4 is 10.0 Å². The van der Waals surface area contributed by atoms with Gasteiger partial charge in [0.05, 0.1) is 4.90 Å². The number of fused-ring (bicyclic) bond motifs is 1. The zero-order valence-electron chi connectivity index (χ0n) is 16.0. The van der Waals surface area contributed by atoms with Gasteiger partial charge in [0, 0.05) is 5.69 Å². The number of amides is 1. The van der Waals surface area contributed by atoms with Crippen molar-refractivity contribution in [3.63, 3.8) is 0 Å². The topological polar surface area (TPSA) is 88.2 Å². The third-order valence-corrected chi connectivity index (χ3v) is 5.84. The summed E-state index contributed by atoms with van der Waals surface area (Å²) in [5, 5.41) is 4.46. The number of anilines is 1. The Hall–Kier alpha value is -2.77. The van der Waals surface area contributed by atoms with Crippen LogP contribution >= 0.6 is 0 Å². The molecule has 3 aromatic rings. The van der Waals surface area contributed by atoms with Gasteiger partial charge in [-0.25, -0.2) is 13.4 Å². The molecule has 0 saturated carbocycles. The summed E-state index contributed by atoms with van der Waals surface area (Å²) < 4.78 is 28.3. The van der Waals surface area contributed by atoms with Gasteiger partial charge < -0.3 is 5.32 Å². The maximum absolute atomic E-state index is 12.9. The van der Waals surface area contributed by atoms with Gasteiger partial charge in [0.25, 0.3) is 0 Å². The molecular formula is C21H23N3O3S. The highest BCUT2D eigenvalue weighted by molar-refractivity contribution is 7.89. The highest BCUT2D eigenvalue weighted by Crippen LogP contribution is 2.20. The van der Waals surface area contributed by atoms with Crippen LogP contribution in [0.1, 0.15) is 19.5 Å². The average molecular weight is 398 g/mol. The minimum atomic E-state index is -3.87. The lowest BCUT2D eigenvalue weighted by Gasteiger charge is -2.21. The Labute approximate surface area is 165 Å². The highest BCUT2D eigenvalue weighted by atomic mass is 32.2. The number of sulfonamides is 1. The van der Waals surface area contributed by atoms with Crippen LogP contribution in [0.15, 0.2) is 65.6 Å². The minimum Gasteiger partial charge on any atom is -0.309 e. The van der Waals surface area contributed by atoms with Gasteiger partial charge in [-0.3, -0.25) is 4.79 Å². The van der Waals surface area contributed by atoms with E-state index in [0.717, 1.165) is 16.5 Å². The van der Waals surface area contributed by atoms with Crippen molar-refractivity contribution in [1.82, 2.24) is 9.71 Å². The number of hydrogen-bond donors (Lipinski definition) is 2. The van der Waals surface area contributed by atoms with E-state index >= 15 is 0 Å². The fraction of sp³-hybridized carbons (Fsp3) is 0.238. The molecule has 6 nitrogen and oxygen atoms in total. The number of hydrogen-bond acceptors (Lipinski definition) is 4. The largest absolute Gasteiger partial charge is 0.309 e. The highest BCUT2D eigenvalue weighted by Gasteiger charge is 2.28. The van der Waals surface area contributed by atoms with Crippen molar-refractivity contribution in [3.8, 4) is 0 Å². The molecule has 0 unspecified atom stereocenters. The predicted octanol–water partition coefficient (Wildman–Crippen LogP) is 3.48. The van der Waals surface area contributed by atoms with E-state index in [0.29, 0.717) is 5.82 Å². The first kappa shape index (κ1) is 20.0. The molecule has 0 bridgehead atoms. The van der Waals surface area contributed by atoms with Gasteiger partial charge in [0.1, 0.15) is 11.9 Å². The van der Waals surface area contributed by atoms with Crippen molar-refractivity contribution in [2.45, 2.75) is 31.7 Å². The van der Waals surface area contributed by atoms with Crippen LogP contribution in [0.3, 0.4) is 0 Å². The smallest absolute Gasteiger partial charge is 0.243 e. The average Bonchev–Trinajstić information content (AvgIpc) is 2.65. The van der Waals surface area contributed by atoms with Crippen LogP contribution in [-0.4, -0.2) is 25.4 Å². The third-order valence-electron chi connectivity index (χ3n) is 4.40. The second-order valence-corrected chi connectivity index (χ2v) is 8.72. The van der Waals surface area contributed by atoms with Gasteiger partial charge in [-0.1, -0.05) is 50.2 Å². The lowest BCUT2D eigenvalue weighted by Crippen LogP contribution is -2.47. The van der Waals surface area contributed by atoms with E-state index in [9.17, 15) is 13.2 Å². The van der Waals surface area contributed by atoms with Crippen molar-refractivity contribution >= 4 is 32.5 Å². The van der Waals surface area contributed by atoms with Crippen LogP contribution in [0, 0.1) is 12.8 Å². The number of aryl methyl sites for hydroxylation is 1. The summed E-state index contributed by atoms with van der Waals surface area (Å²) in [6, 6.07) is 16.8. The molecule has 1 amide bonds. The van der Waals surface area contributed by atoms with E-state index in [1.165, 1.54) is 0 Å². The molecule has 2 N–H and O–H groups in total. The molecule has 7 heteroatoms. The molecule has 1 atom stereocenters. The Kier molecular flexibility index (Phi) is 5.76. The predicted molar refractivity (Wildman–Crippen MR) is 110 cm³/mol. The lowest BCUT2D eigenvalue weighted by molar-refractivity contribution is -0.118. The number of carbonyl (C=O) groups excluding carboxylic acids is 1. The van der Waals surface area contributed by atoms with Gasteiger partial charge in [-0.2, -0.15) is 4.72 Å². The zero-order valence-corrected chi connectivity index (χ0v) is 16.8. The number of nitrogens with one attached hydrogen (secondary N) is 2. The minimum absolute atomic E-state index is 0.123. The fourth-order valence-electron chi connectivity index (χ4n) is 2.88. The molecule has 28 heavy (non-hydrogen) atoms. The molecule has 146 valence electrons. The zero-order chi connectivity index (χ0) is 20.3. The van der Waals surface area contributed by atoms with Gasteiger partial charge >= 0.3 is 0 Å². The van der Waals surface area contributed by atoms with Crippen molar-refractivity contribution in [1.29, 1.82) is 0 Å². The Morgan fingerprint density at radius 3 is 2.36 bits per heavy atom. The van der Waals surface area contributed by atoms with Gasteiger partial charge in [-0.15, -0.1) is 0 Å². The molecule has 1 aromatic heterocycles. The lowest BCUT2D eigenvalue weighted by atomic mass is 10.1. The van der Waals surface area contributed by atoms with Gasteiger partial charge in [0.15, 0.2) is 0 Å². The molecule has 0 aliphatic heterocycles. The number of pyridine rings is 1. The molecule has 1 heterocycles. The summed E-state index contributed by atoms with van der Waals surface area (Å²) in [5.41, 5.74) is 0.760. The second kappa shape index (κ2) is 8.08. The van der Waals surface area contributed by atoms with E-state index in [1.54, 1.807) is 44.2 Å². The van der Waals surface area contributed by atoms with Crippen LogP contribution in [-0.2, 0) is 14.8 Å². The fourth-order valence-corrected chi connectivity index (χ4v) is 4.26. The molecular weight excluding hydrogens is 374 g/mol. The standard InChI is InChI=1S/C21H23N3O3S/c1-14(2)20(21(25)23-19-10-6-7-15(3)22-19)24-28(26,27)18-12-11-16-8-4-5-9-17(16)13-18/h4-14,20,24H,1-3H3,(H,22,23,25)/t20-/m0/s1. The molecule has 0 spiro atoms. The summed E-state index contributed by atoms with van der Waals surface area (Å²) in [6.45, 7) is 5.39. The molecule has 0 aliphatic rings. The van der Waals surface area contributed by atoms with Crippen molar-refractivity contribution in [2.24, 2.45) is 5.92 Å². The van der Waals surface area contributed by atoms with Gasteiger partial charge in [-0.05, 0) is 47.9 Å². The maximum atomic E-state index is 12.9. The maximum Gasteiger partial charge on any atom is 0.243 e. The summed E-state index contributed by atoms with van der Waals surface area (Å²) in [5.74, 6) is -0.307. The van der Waals surface area contributed by atoms with E-state index in [1.807, 2.05) is 37.3 Å². The molecule has 0 aliphatic carbocycles. The Morgan fingerprint density at radius 1 is 0.964 bits per heavy atom. The first-order valence-corrected chi connectivity index (χ1v) is 10.5. The van der Waals surface area contributed by atoms with E-state index in [2.05, 4.69) is 15.0 Å². The first-order chi connectivity index (χ1) is 13.3. The first-order valence-electron chi connectivity index (χ1n) is 9.02. The van der Waals surface area contributed by atoms with Crippen LogP contribution in [0.4, 0.5) is 5.82 Å². The van der Waals surface area contributed by atoms with E-state index in [-0.39, 0.29) is 10.8 Å². The van der Waals surface area contributed by atoms with Crippen LogP contribution in [0.25, 0.3) is 10.8 Å². The SMILES string of the molecule is Cc1cccc(NC(=O)[C@@H](NS(=O)(=O)c2ccc3ccccc3c2)C(C)C)n1. The second-order valence-electron chi connectivity index (χ2n) is 7.01. The Bertz CT molecular complexity index is 1110. The third kappa shape index (κ3) is 4.55.